The van der Waals surface area contributed by atoms with Crippen LogP contribution in [0.3, 0.4) is 0 Å². The Hall–Kier alpha value is -2.38. The smallest absolute Gasteiger partial charge is 0.124 e. The van der Waals surface area contributed by atoms with Crippen LogP contribution in [0.2, 0.25) is 5.02 Å². The molecule has 0 radical (unpaired) electrons. The predicted octanol–water partition coefficient (Wildman–Crippen LogP) is 3.54. The van der Waals surface area contributed by atoms with Gasteiger partial charge in [-0.15, -0.1) is 0 Å². The second kappa shape index (κ2) is 6.18. The number of hydrogen-bond acceptors (Lipinski definition) is 4. The fraction of sp³-hybridized carbons (Fsp3) is 0.133. The summed E-state index contributed by atoms with van der Waals surface area (Å²) < 4.78 is 5.03. The Kier molecular flexibility index (Phi) is 4.34. The van der Waals surface area contributed by atoms with Crippen molar-refractivity contribution in [1.82, 2.24) is 0 Å². The first-order valence-electron chi connectivity index (χ1n) is 5.93. The number of phenolic OH excluding ortho intramolecular Hbond substituents is 1. The lowest BCUT2D eigenvalue weighted by Gasteiger charge is -2.10. The van der Waals surface area contributed by atoms with Crippen molar-refractivity contribution in [3.05, 3.63) is 52.5 Å². The highest BCUT2D eigenvalue weighted by Gasteiger charge is 2.05. The first kappa shape index (κ1) is 14.0. The molecule has 0 aromatic heterocycles. The predicted molar refractivity (Wildman–Crippen MR) is 78.2 cm³/mol. The van der Waals surface area contributed by atoms with E-state index < -0.39 is 0 Å². The zero-order chi connectivity index (χ0) is 14.5. The maximum atomic E-state index is 9.85. The summed E-state index contributed by atoms with van der Waals surface area (Å²) in [6.45, 7) is 0.433. The molecule has 0 unspecified atom stereocenters. The molecule has 0 saturated carbocycles. The number of phenols is 1. The summed E-state index contributed by atoms with van der Waals surface area (Å²) in [6, 6.07) is 12.2. The maximum Gasteiger partial charge on any atom is 0.124 e. The molecule has 0 spiro atoms. The zero-order valence-corrected chi connectivity index (χ0v) is 11.6. The van der Waals surface area contributed by atoms with Crippen LogP contribution in [-0.2, 0) is 6.54 Å². The van der Waals surface area contributed by atoms with Gasteiger partial charge in [-0.2, -0.15) is 5.26 Å². The number of aromatic hydroxyl groups is 1. The van der Waals surface area contributed by atoms with Crippen molar-refractivity contribution in [2.75, 3.05) is 12.4 Å². The number of hydrogen-bond donors (Lipinski definition) is 2. The molecule has 20 heavy (non-hydrogen) atoms. The van der Waals surface area contributed by atoms with Crippen molar-refractivity contribution < 1.29 is 9.84 Å². The van der Waals surface area contributed by atoms with Gasteiger partial charge in [-0.3, -0.25) is 0 Å². The van der Waals surface area contributed by atoms with Crippen molar-refractivity contribution in [3.8, 4) is 17.6 Å². The summed E-state index contributed by atoms with van der Waals surface area (Å²) in [7, 11) is 1.55. The van der Waals surface area contributed by atoms with Gasteiger partial charge in [-0.1, -0.05) is 11.6 Å². The van der Waals surface area contributed by atoms with Gasteiger partial charge >= 0.3 is 0 Å². The van der Waals surface area contributed by atoms with E-state index in [9.17, 15) is 5.11 Å². The fourth-order valence-corrected chi connectivity index (χ4v) is 1.90. The van der Waals surface area contributed by atoms with E-state index in [2.05, 4.69) is 5.32 Å². The molecule has 5 heteroatoms. The number of benzene rings is 2. The lowest BCUT2D eigenvalue weighted by molar-refractivity contribution is 0.406. The highest BCUT2D eigenvalue weighted by atomic mass is 35.5. The Morgan fingerprint density at radius 2 is 2.10 bits per heavy atom. The summed E-state index contributed by atoms with van der Waals surface area (Å²) >= 11 is 5.87. The highest BCUT2D eigenvalue weighted by molar-refractivity contribution is 6.31. The van der Waals surface area contributed by atoms with Crippen LogP contribution in [0.1, 0.15) is 11.1 Å². The number of nitriles is 1. The summed E-state index contributed by atoms with van der Waals surface area (Å²) in [5.74, 6) is 0.760. The van der Waals surface area contributed by atoms with Crippen LogP contribution in [-0.4, -0.2) is 12.2 Å². The Bertz CT molecular complexity index is 665. The molecule has 0 heterocycles. The fourth-order valence-electron chi connectivity index (χ4n) is 1.74. The minimum atomic E-state index is 0.159. The quantitative estimate of drug-likeness (QED) is 0.903. The SMILES string of the molecule is COc1ccc(CNc2ccc(Cl)c(C#N)c2)c(O)c1. The minimum Gasteiger partial charge on any atom is -0.507 e. The number of ether oxygens (including phenoxy) is 1. The van der Waals surface area contributed by atoms with Crippen molar-refractivity contribution in [1.29, 1.82) is 5.26 Å². The van der Waals surface area contributed by atoms with E-state index in [1.807, 2.05) is 6.07 Å². The topological polar surface area (TPSA) is 65.3 Å². The molecule has 2 aromatic rings. The molecule has 2 aromatic carbocycles. The van der Waals surface area contributed by atoms with E-state index in [1.54, 1.807) is 43.5 Å². The highest BCUT2D eigenvalue weighted by Crippen LogP contribution is 2.25. The van der Waals surface area contributed by atoms with E-state index in [-0.39, 0.29) is 5.75 Å². The monoisotopic (exact) mass is 288 g/mol. The van der Waals surface area contributed by atoms with Gasteiger partial charge in [0.1, 0.15) is 17.6 Å². The third kappa shape index (κ3) is 3.14. The van der Waals surface area contributed by atoms with E-state index in [4.69, 9.17) is 21.6 Å². The summed E-state index contributed by atoms with van der Waals surface area (Å²) in [5.41, 5.74) is 1.91. The average molecular weight is 289 g/mol. The normalized spacial score (nSPS) is 9.85. The van der Waals surface area contributed by atoms with Gasteiger partial charge in [0.15, 0.2) is 0 Å². The van der Waals surface area contributed by atoms with Gasteiger partial charge in [0.25, 0.3) is 0 Å². The summed E-state index contributed by atoms with van der Waals surface area (Å²) in [6.07, 6.45) is 0. The van der Waals surface area contributed by atoms with Crippen LogP contribution < -0.4 is 10.1 Å². The number of methoxy groups -OCH3 is 1. The molecule has 0 aliphatic rings. The van der Waals surface area contributed by atoms with Crippen molar-refractivity contribution >= 4 is 17.3 Å². The standard InChI is InChI=1S/C15H13ClN2O2/c1-20-13-4-2-10(15(19)7-13)9-18-12-3-5-14(16)11(6-12)8-17/h2-7,18-19H,9H2,1H3. The zero-order valence-electron chi connectivity index (χ0n) is 10.9. The lowest BCUT2D eigenvalue weighted by atomic mass is 10.1. The van der Waals surface area contributed by atoms with Gasteiger partial charge in [-0.25, -0.2) is 0 Å². The van der Waals surface area contributed by atoms with E-state index in [0.29, 0.717) is 22.9 Å². The molecule has 102 valence electrons. The molecular formula is C15H13ClN2O2. The van der Waals surface area contributed by atoms with Crippen molar-refractivity contribution in [2.45, 2.75) is 6.54 Å². The first-order chi connectivity index (χ1) is 9.63. The molecule has 0 bridgehead atoms. The molecule has 0 aliphatic carbocycles. The van der Waals surface area contributed by atoms with Gasteiger partial charge in [0.2, 0.25) is 0 Å². The Morgan fingerprint density at radius 1 is 1.30 bits per heavy atom. The van der Waals surface area contributed by atoms with Gasteiger partial charge < -0.3 is 15.2 Å². The molecule has 2 N–H and O–H groups in total. The van der Waals surface area contributed by atoms with Gasteiger partial charge in [0, 0.05) is 23.9 Å². The Labute approximate surface area is 122 Å². The van der Waals surface area contributed by atoms with Crippen LogP contribution in [0.25, 0.3) is 0 Å². The largest absolute Gasteiger partial charge is 0.507 e. The minimum absolute atomic E-state index is 0.159. The molecule has 2 rings (SSSR count). The molecule has 0 atom stereocenters. The van der Waals surface area contributed by atoms with Crippen molar-refractivity contribution in [3.63, 3.8) is 0 Å². The lowest BCUT2D eigenvalue weighted by Crippen LogP contribution is -2.00. The number of nitrogens with one attached hydrogen (secondary N) is 1. The molecule has 0 saturated heterocycles. The first-order valence-corrected chi connectivity index (χ1v) is 6.31. The summed E-state index contributed by atoms with van der Waals surface area (Å²) in [5, 5.41) is 22.3. The van der Waals surface area contributed by atoms with E-state index in [0.717, 1.165) is 11.3 Å². The van der Waals surface area contributed by atoms with E-state index in [1.165, 1.54) is 0 Å². The number of rotatable bonds is 4. The van der Waals surface area contributed by atoms with Crippen LogP contribution >= 0.6 is 11.6 Å². The van der Waals surface area contributed by atoms with Crippen LogP contribution in [0.5, 0.6) is 11.5 Å². The number of nitrogens with zero attached hydrogens (tertiary/aromatic N) is 1. The van der Waals surface area contributed by atoms with Crippen LogP contribution in [0.4, 0.5) is 5.69 Å². The Morgan fingerprint density at radius 3 is 2.75 bits per heavy atom. The molecular weight excluding hydrogens is 276 g/mol. The third-order valence-electron chi connectivity index (χ3n) is 2.86. The Balaban J connectivity index is 2.11. The van der Waals surface area contributed by atoms with Crippen LogP contribution in [0.15, 0.2) is 36.4 Å². The van der Waals surface area contributed by atoms with E-state index >= 15 is 0 Å². The second-order valence-corrected chi connectivity index (χ2v) is 4.56. The average Bonchev–Trinajstić information content (AvgIpc) is 2.47. The van der Waals surface area contributed by atoms with Crippen LogP contribution in [0, 0.1) is 11.3 Å². The second-order valence-electron chi connectivity index (χ2n) is 4.15. The van der Waals surface area contributed by atoms with Gasteiger partial charge in [0.05, 0.1) is 17.7 Å². The molecule has 0 aliphatic heterocycles. The molecule has 0 amide bonds. The van der Waals surface area contributed by atoms with Crippen molar-refractivity contribution in [2.24, 2.45) is 0 Å². The third-order valence-corrected chi connectivity index (χ3v) is 3.19. The maximum absolute atomic E-state index is 9.85. The summed E-state index contributed by atoms with van der Waals surface area (Å²) in [4.78, 5) is 0. The molecule has 0 fully saturated rings. The molecule has 4 nitrogen and oxygen atoms in total. The number of halogens is 1. The van der Waals surface area contributed by atoms with Gasteiger partial charge in [-0.05, 0) is 30.3 Å². The number of anilines is 1.